The Balaban J connectivity index is 1.87. The minimum Gasteiger partial charge on any atom is -0.361 e. The first-order chi connectivity index (χ1) is 8.24. The highest BCUT2D eigenvalue weighted by atomic mass is 19.1. The lowest BCUT2D eigenvalue weighted by molar-refractivity contribution is -0.133. The molecule has 0 aliphatic carbocycles. The number of nitrogens with zero attached hydrogens (tertiary/aromatic N) is 1. The highest BCUT2D eigenvalue weighted by molar-refractivity contribution is 5.89. The molecule has 17 heavy (non-hydrogen) atoms. The van der Waals surface area contributed by atoms with E-state index in [1.54, 1.807) is 12.3 Å². The zero-order valence-electron chi connectivity index (χ0n) is 9.37. The maximum Gasteiger partial charge on any atom is 0.227 e. The van der Waals surface area contributed by atoms with E-state index in [4.69, 9.17) is 0 Å². The average Bonchev–Trinajstić information content (AvgIpc) is 2.58. The van der Waals surface area contributed by atoms with Gasteiger partial charge in [0.2, 0.25) is 5.91 Å². The zero-order chi connectivity index (χ0) is 11.8. The number of aromatic amines is 1. The number of benzene rings is 1. The van der Waals surface area contributed by atoms with Crippen LogP contribution in [0.2, 0.25) is 0 Å². The Kier molecular flexibility index (Phi) is 2.35. The van der Waals surface area contributed by atoms with Gasteiger partial charge >= 0.3 is 0 Å². The van der Waals surface area contributed by atoms with E-state index in [9.17, 15) is 9.18 Å². The van der Waals surface area contributed by atoms with E-state index >= 15 is 0 Å². The molecular weight excluding hydrogens is 219 g/mol. The molecule has 2 heterocycles. The Morgan fingerprint density at radius 2 is 2.24 bits per heavy atom. The fourth-order valence-corrected chi connectivity index (χ4v) is 2.15. The van der Waals surface area contributed by atoms with Crippen molar-refractivity contribution in [1.29, 1.82) is 0 Å². The average molecular weight is 232 g/mol. The molecule has 1 amide bonds. The van der Waals surface area contributed by atoms with E-state index < -0.39 is 0 Å². The number of halogens is 1. The second-order valence-corrected chi connectivity index (χ2v) is 4.41. The van der Waals surface area contributed by atoms with E-state index in [2.05, 4.69) is 4.98 Å². The number of hydrogen-bond donors (Lipinski definition) is 1. The van der Waals surface area contributed by atoms with Crippen molar-refractivity contribution in [2.45, 2.75) is 12.8 Å². The normalized spacial score (nSPS) is 15.0. The molecule has 1 N–H and O–H groups in total. The SMILES string of the molecule is O=C(Cc1c[nH]c2cc(F)ccc12)N1CCC1. The van der Waals surface area contributed by atoms with Crippen LogP contribution in [0, 0.1) is 5.82 Å². The molecule has 2 aromatic rings. The summed E-state index contributed by atoms with van der Waals surface area (Å²) in [7, 11) is 0. The third kappa shape index (κ3) is 1.79. The molecule has 0 radical (unpaired) electrons. The Morgan fingerprint density at radius 3 is 2.94 bits per heavy atom. The molecule has 0 unspecified atom stereocenters. The van der Waals surface area contributed by atoms with Crippen molar-refractivity contribution in [2.75, 3.05) is 13.1 Å². The Hall–Kier alpha value is -1.84. The summed E-state index contributed by atoms with van der Waals surface area (Å²) in [5.74, 6) is -0.110. The van der Waals surface area contributed by atoms with E-state index in [0.717, 1.165) is 36.0 Å². The molecule has 1 saturated heterocycles. The lowest BCUT2D eigenvalue weighted by Crippen LogP contribution is -2.42. The first-order valence-corrected chi connectivity index (χ1v) is 5.77. The van der Waals surface area contributed by atoms with Gasteiger partial charge in [-0.15, -0.1) is 0 Å². The number of carbonyl (C=O) groups excluding carboxylic acids is 1. The van der Waals surface area contributed by atoms with Crippen LogP contribution in [-0.4, -0.2) is 28.9 Å². The predicted octanol–water partition coefficient (Wildman–Crippen LogP) is 2.08. The zero-order valence-corrected chi connectivity index (χ0v) is 9.37. The van der Waals surface area contributed by atoms with Crippen LogP contribution < -0.4 is 0 Å². The van der Waals surface area contributed by atoms with Crippen LogP contribution in [0.3, 0.4) is 0 Å². The molecule has 88 valence electrons. The number of carbonyl (C=O) groups is 1. The van der Waals surface area contributed by atoms with E-state index in [1.165, 1.54) is 12.1 Å². The number of amides is 1. The Bertz CT molecular complexity index is 572. The molecule has 0 spiro atoms. The first kappa shape index (κ1) is 10.3. The molecule has 1 aliphatic rings. The second-order valence-electron chi connectivity index (χ2n) is 4.41. The highest BCUT2D eigenvalue weighted by Gasteiger charge is 2.21. The lowest BCUT2D eigenvalue weighted by Gasteiger charge is -2.30. The predicted molar refractivity (Wildman–Crippen MR) is 63.2 cm³/mol. The molecule has 1 aromatic carbocycles. The Labute approximate surface area is 98.2 Å². The van der Waals surface area contributed by atoms with E-state index in [1.807, 2.05) is 4.90 Å². The fraction of sp³-hybridized carbons (Fsp3) is 0.308. The van der Waals surface area contributed by atoms with Crippen LogP contribution in [0.5, 0.6) is 0 Å². The third-order valence-electron chi connectivity index (χ3n) is 3.28. The standard InChI is InChI=1S/C13H13FN2O/c14-10-2-3-11-9(8-15-12(11)7-10)6-13(17)16-4-1-5-16/h2-3,7-8,15H,1,4-6H2. The summed E-state index contributed by atoms with van der Waals surface area (Å²) >= 11 is 0. The van der Waals surface area contributed by atoms with Gasteiger partial charge < -0.3 is 9.88 Å². The van der Waals surface area contributed by atoms with Gasteiger partial charge in [0.25, 0.3) is 0 Å². The number of rotatable bonds is 2. The van der Waals surface area contributed by atoms with Crippen molar-refractivity contribution in [3.05, 3.63) is 35.8 Å². The number of nitrogens with one attached hydrogen (secondary N) is 1. The number of H-pyrrole nitrogens is 1. The molecule has 3 nitrogen and oxygen atoms in total. The van der Waals surface area contributed by atoms with Crippen molar-refractivity contribution in [3.8, 4) is 0 Å². The fourth-order valence-electron chi connectivity index (χ4n) is 2.15. The molecule has 4 heteroatoms. The van der Waals surface area contributed by atoms with Crippen molar-refractivity contribution in [2.24, 2.45) is 0 Å². The number of aromatic nitrogens is 1. The smallest absolute Gasteiger partial charge is 0.227 e. The van der Waals surface area contributed by atoms with Gasteiger partial charge in [0.05, 0.1) is 6.42 Å². The van der Waals surface area contributed by atoms with Crippen LogP contribution in [-0.2, 0) is 11.2 Å². The summed E-state index contributed by atoms with van der Waals surface area (Å²) in [5.41, 5.74) is 1.69. The minimum absolute atomic E-state index is 0.154. The number of fused-ring (bicyclic) bond motifs is 1. The van der Waals surface area contributed by atoms with Gasteiger partial charge in [-0.3, -0.25) is 4.79 Å². The van der Waals surface area contributed by atoms with E-state index in [0.29, 0.717) is 6.42 Å². The summed E-state index contributed by atoms with van der Waals surface area (Å²) < 4.78 is 13.0. The van der Waals surface area contributed by atoms with Gasteiger partial charge in [-0.1, -0.05) is 0 Å². The summed E-state index contributed by atoms with van der Waals surface area (Å²) in [5, 5.41) is 0.931. The van der Waals surface area contributed by atoms with Crippen molar-refractivity contribution >= 4 is 16.8 Å². The molecule has 0 atom stereocenters. The molecule has 0 saturated carbocycles. The van der Waals surface area contributed by atoms with Crippen molar-refractivity contribution < 1.29 is 9.18 Å². The molecule has 0 bridgehead atoms. The molecule has 1 fully saturated rings. The maximum absolute atomic E-state index is 13.0. The molecule has 3 rings (SSSR count). The lowest BCUT2D eigenvalue weighted by atomic mass is 10.1. The van der Waals surface area contributed by atoms with Gasteiger partial charge in [-0.2, -0.15) is 0 Å². The third-order valence-corrected chi connectivity index (χ3v) is 3.28. The highest BCUT2D eigenvalue weighted by Crippen LogP contribution is 2.21. The minimum atomic E-state index is -0.264. The van der Waals surface area contributed by atoms with Gasteiger partial charge in [0, 0.05) is 30.2 Å². The van der Waals surface area contributed by atoms with Crippen LogP contribution >= 0.6 is 0 Å². The van der Waals surface area contributed by atoms with Crippen LogP contribution in [0.25, 0.3) is 10.9 Å². The second kappa shape index (κ2) is 3.87. The monoisotopic (exact) mass is 232 g/mol. The van der Waals surface area contributed by atoms with Gasteiger partial charge in [-0.05, 0) is 30.2 Å². The van der Waals surface area contributed by atoms with Gasteiger partial charge in [0.1, 0.15) is 5.82 Å². The quantitative estimate of drug-likeness (QED) is 0.845. The summed E-state index contributed by atoms with van der Waals surface area (Å²) in [6, 6.07) is 4.60. The Morgan fingerprint density at radius 1 is 1.41 bits per heavy atom. The van der Waals surface area contributed by atoms with E-state index in [-0.39, 0.29) is 11.7 Å². The van der Waals surface area contributed by atoms with Crippen LogP contribution in [0.4, 0.5) is 4.39 Å². The number of hydrogen-bond acceptors (Lipinski definition) is 1. The van der Waals surface area contributed by atoms with Crippen LogP contribution in [0.15, 0.2) is 24.4 Å². The number of likely N-dealkylation sites (tertiary alicyclic amines) is 1. The van der Waals surface area contributed by atoms with Gasteiger partial charge in [-0.25, -0.2) is 4.39 Å². The summed E-state index contributed by atoms with van der Waals surface area (Å²) in [6.07, 6.45) is 3.29. The molecule has 1 aromatic heterocycles. The maximum atomic E-state index is 13.0. The van der Waals surface area contributed by atoms with Gasteiger partial charge in [0.15, 0.2) is 0 Å². The van der Waals surface area contributed by atoms with Crippen molar-refractivity contribution in [1.82, 2.24) is 9.88 Å². The first-order valence-electron chi connectivity index (χ1n) is 5.77. The molecular formula is C13H13FN2O. The summed E-state index contributed by atoms with van der Waals surface area (Å²) in [6.45, 7) is 1.74. The topological polar surface area (TPSA) is 36.1 Å². The summed E-state index contributed by atoms with van der Waals surface area (Å²) in [4.78, 5) is 16.7. The molecule has 1 aliphatic heterocycles. The van der Waals surface area contributed by atoms with Crippen LogP contribution in [0.1, 0.15) is 12.0 Å². The van der Waals surface area contributed by atoms with Crippen molar-refractivity contribution in [3.63, 3.8) is 0 Å². The largest absolute Gasteiger partial charge is 0.361 e.